The van der Waals surface area contributed by atoms with Crippen LogP contribution in [0.4, 0.5) is 30.8 Å². The molecule has 0 bridgehead atoms. The Labute approximate surface area is 198 Å². The molecule has 0 saturated heterocycles. The van der Waals surface area contributed by atoms with Crippen molar-refractivity contribution in [3.8, 4) is 0 Å². The number of hydrogen-bond acceptors (Lipinski definition) is 6. The van der Waals surface area contributed by atoms with E-state index in [0.29, 0.717) is 42.8 Å². The molecule has 12 heteroatoms. The first kappa shape index (κ1) is 22.7. The van der Waals surface area contributed by atoms with Crippen LogP contribution in [0.5, 0.6) is 0 Å². The zero-order chi connectivity index (χ0) is 24.0. The number of primary amides is 1. The van der Waals surface area contributed by atoms with E-state index in [1.54, 1.807) is 6.07 Å². The summed E-state index contributed by atoms with van der Waals surface area (Å²) in [6.45, 7) is 0. The maximum absolute atomic E-state index is 14.5. The third-order valence-corrected chi connectivity index (χ3v) is 6.83. The zero-order valence-electron chi connectivity index (χ0n) is 18.1. The van der Waals surface area contributed by atoms with Crippen molar-refractivity contribution in [1.82, 2.24) is 19.5 Å². The van der Waals surface area contributed by atoms with Crippen LogP contribution in [-0.4, -0.2) is 37.4 Å². The molecule has 5 rings (SSSR count). The Morgan fingerprint density at radius 3 is 2.56 bits per heavy atom. The summed E-state index contributed by atoms with van der Waals surface area (Å²) in [5.74, 6) is -3.18. The minimum absolute atomic E-state index is 0.0783. The van der Waals surface area contributed by atoms with Crippen molar-refractivity contribution in [3.05, 3.63) is 35.2 Å². The highest BCUT2D eigenvalue weighted by molar-refractivity contribution is 6.33. The second-order valence-corrected chi connectivity index (χ2v) is 9.35. The fourth-order valence-corrected chi connectivity index (χ4v) is 4.90. The lowest BCUT2D eigenvalue weighted by Gasteiger charge is -2.35. The average Bonchev–Trinajstić information content (AvgIpc) is 3.12. The van der Waals surface area contributed by atoms with Crippen LogP contribution in [0, 0.1) is 11.7 Å². The van der Waals surface area contributed by atoms with E-state index in [4.69, 9.17) is 17.3 Å². The molecule has 2 saturated carbocycles. The number of imidazole rings is 1. The third-order valence-electron chi connectivity index (χ3n) is 6.52. The van der Waals surface area contributed by atoms with E-state index < -0.39 is 17.8 Å². The van der Waals surface area contributed by atoms with Gasteiger partial charge in [-0.1, -0.05) is 17.7 Å². The maximum atomic E-state index is 14.5. The number of carbonyl (C=O) groups is 1. The van der Waals surface area contributed by atoms with Gasteiger partial charge >= 0.3 is 0 Å². The van der Waals surface area contributed by atoms with Crippen LogP contribution in [0.15, 0.2) is 24.4 Å². The lowest BCUT2D eigenvalue weighted by atomic mass is 9.85. The summed E-state index contributed by atoms with van der Waals surface area (Å²) in [5, 5.41) is 6.13. The number of aromatic nitrogens is 4. The molecule has 4 N–H and O–H groups in total. The summed E-state index contributed by atoms with van der Waals surface area (Å²) in [4.78, 5) is 25.0. The molecular formula is C22H23ClF3N7O. The minimum Gasteiger partial charge on any atom is -0.369 e. The van der Waals surface area contributed by atoms with Crippen LogP contribution in [0.2, 0.25) is 5.02 Å². The molecule has 3 aromatic rings. The van der Waals surface area contributed by atoms with Crippen molar-refractivity contribution in [1.29, 1.82) is 0 Å². The molecule has 2 heterocycles. The number of halogens is 4. The predicted octanol–water partition coefficient (Wildman–Crippen LogP) is 4.79. The summed E-state index contributed by atoms with van der Waals surface area (Å²) in [6, 6.07) is 3.85. The smallest absolute Gasteiger partial charge is 0.252 e. The quantitative estimate of drug-likeness (QED) is 0.455. The molecule has 1 aromatic carbocycles. The number of benzene rings is 1. The highest BCUT2D eigenvalue weighted by Crippen LogP contribution is 2.40. The Morgan fingerprint density at radius 2 is 1.91 bits per heavy atom. The Kier molecular flexibility index (Phi) is 5.75. The molecule has 0 unspecified atom stereocenters. The van der Waals surface area contributed by atoms with E-state index in [0.717, 1.165) is 0 Å². The van der Waals surface area contributed by atoms with Gasteiger partial charge in [0.15, 0.2) is 5.65 Å². The number of fused-ring (bicyclic) bond motifs is 1. The summed E-state index contributed by atoms with van der Waals surface area (Å²) >= 11 is 6.21. The van der Waals surface area contributed by atoms with Crippen molar-refractivity contribution < 1.29 is 18.0 Å². The van der Waals surface area contributed by atoms with Crippen molar-refractivity contribution in [2.45, 2.75) is 56.5 Å². The second-order valence-electron chi connectivity index (χ2n) is 8.94. The number of rotatable bonds is 6. The minimum atomic E-state index is -2.67. The summed E-state index contributed by atoms with van der Waals surface area (Å²) in [7, 11) is 0. The van der Waals surface area contributed by atoms with Gasteiger partial charge in [-0.15, -0.1) is 0 Å². The summed E-state index contributed by atoms with van der Waals surface area (Å²) in [6.07, 6.45) is 3.44. The molecule has 1 amide bonds. The molecule has 2 aliphatic rings. The van der Waals surface area contributed by atoms with Gasteiger partial charge in [-0.2, -0.15) is 4.98 Å². The Morgan fingerprint density at radius 1 is 1.18 bits per heavy atom. The number of carbonyl (C=O) groups excluding carboxylic acids is 1. The molecule has 0 atom stereocenters. The molecular weight excluding hydrogens is 471 g/mol. The molecule has 2 fully saturated rings. The van der Waals surface area contributed by atoms with Gasteiger partial charge in [0.2, 0.25) is 17.8 Å². The number of nitrogens with one attached hydrogen (secondary N) is 2. The summed E-state index contributed by atoms with van der Waals surface area (Å²) in [5.41, 5.74) is 6.49. The molecule has 34 heavy (non-hydrogen) atoms. The van der Waals surface area contributed by atoms with E-state index >= 15 is 0 Å². The predicted molar refractivity (Wildman–Crippen MR) is 122 cm³/mol. The Balaban J connectivity index is 1.51. The van der Waals surface area contributed by atoms with Crippen LogP contribution in [0.1, 0.15) is 44.6 Å². The van der Waals surface area contributed by atoms with Crippen molar-refractivity contribution in [3.63, 3.8) is 0 Å². The van der Waals surface area contributed by atoms with E-state index in [1.807, 2.05) is 4.57 Å². The molecule has 2 aliphatic carbocycles. The first-order valence-corrected chi connectivity index (χ1v) is 11.5. The SMILES string of the molecule is NC(=O)[C@H]1CC[C@H](n2c(Nc3c(F)cccc3Cl)nc3cnc(NC4CC(F)(F)C4)nc32)CC1. The largest absolute Gasteiger partial charge is 0.369 e. The molecule has 2 aromatic heterocycles. The molecule has 8 nitrogen and oxygen atoms in total. The number of anilines is 3. The van der Waals surface area contributed by atoms with Gasteiger partial charge in [0, 0.05) is 30.8 Å². The van der Waals surface area contributed by atoms with Crippen molar-refractivity contribution in [2.24, 2.45) is 11.7 Å². The molecule has 0 aliphatic heterocycles. The normalized spacial score (nSPS) is 22.4. The van der Waals surface area contributed by atoms with Gasteiger partial charge in [0.1, 0.15) is 11.3 Å². The standard InChI is InChI=1S/C22H23ClF3N7O/c23-14-2-1-3-15(24)17(14)31-21-30-16-10-28-20(29-12-8-22(25,26)9-12)32-19(16)33(21)13-6-4-11(5-7-13)18(27)34/h1-3,10-13H,4-9H2,(H2,27,34)(H,30,31)(H,28,29,32)/t11-,13-. The van der Waals surface area contributed by atoms with Crippen LogP contribution < -0.4 is 16.4 Å². The van der Waals surface area contributed by atoms with E-state index in [2.05, 4.69) is 25.6 Å². The fourth-order valence-electron chi connectivity index (χ4n) is 4.69. The Bertz CT molecular complexity index is 1210. The van der Waals surface area contributed by atoms with Crippen LogP contribution in [0.25, 0.3) is 11.2 Å². The Hall–Kier alpha value is -3.08. The number of nitrogens with two attached hydrogens (primary N) is 1. The van der Waals surface area contributed by atoms with Crippen LogP contribution >= 0.6 is 11.6 Å². The number of nitrogens with zero attached hydrogens (tertiary/aromatic N) is 4. The number of alkyl halides is 2. The van der Waals surface area contributed by atoms with E-state index in [-0.39, 0.29) is 47.4 Å². The van der Waals surface area contributed by atoms with E-state index in [1.165, 1.54) is 18.3 Å². The van der Waals surface area contributed by atoms with Gasteiger partial charge < -0.3 is 16.4 Å². The molecule has 180 valence electrons. The van der Waals surface area contributed by atoms with Crippen molar-refractivity contribution >= 4 is 46.3 Å². The van der Waals surface area contributed by atoms with Gasteiger partial charge in [0.05, 0.1) is 16.9 Å². The van der Waals surface area contributed by atoms with Crippen LogP contribution in [0.3, 0.4) is 0 Å². The molecule has 0 radical (unpaired) electrons. The number of amides is 1. The number of para-hydroxylation sites is 1. The van der Waals surface area contributed by atoms with Gasteiger partial charge in [0.25, 0.3) is 5.92 Å². The lowest BCUT2D eigenvalue weighted by Crippen LogP contribution is -2.44. The first-order chi connectivity index (χ1) is 16.2. The van der Waals surface area contributed by atoms with Gasteiger partial charge in [-0.05, 0) is 37.8 Å². The highest BCUT2D eigenvalue weighted by Gasteiger charge is 2.45. The average molecular weight is 494 g/mol. The van der Waals surface area contributed by atoms with Crippen molar-refractivity contribution in [2.75, 3.05) is 10.6 Å². The monoisotopic (exact) mass is 493 g/mol. The topological polar surface area (TPSA) is 111 Å². The number of hydrogen-bond donors (Lipinski definition) is 3. The third kappa shape index (κ3) is 4.36. The second kappa shape index (κ2) is 8.61. The van der Waals surface area contributed by atoms with E-state index in [9.17, 15) is 18.0 Å². The lowest BCUT2D eigenvalue weighted by molar-refractivity contribution is -0.122. The first-order valence-electron chi connectivity index (χ1n) is 11.1. The fraction of sp³-hybridized carbons (Fsp3) is 0.455. The molecule has 0 spiro atoms. The van der Waals surface area contributed by atoms with Gasteiger partial charge in [-0.25, -0.2) is 23.1 Å². The maximum Gasteiger partial charge on any atom is 0.252 e. The zero-order valence-corrected chi connectivity index (χ0v) is 18.8. The van der Waals surface area contributed by atoms with Crippen LogP contribution in [-0.2, 0) is 4.79 Å². The van der Waals surface area contributed by atoms with Gasteiger partial charge in [-0.3, -0.25) is 9.36 Å². The highest BCUT2D eigenvalue weighted by atomic mass is 35.5. The summed E-state index contributed by atoms with van der Waals surface area (Å²) < 4.78 is 42.8.